The van der Waals surface area contributed by atoms with Gasteiger partial charge in [-0.2, -0.15) is 5.26 Å². The van der Waals surface area contributed by atoms with Crippen molar-refractivity contribution in [3.8, 4) is 6.07 Å². The number of nitriles is 1. The molecule has 2 heterocycles. The molecule has 0 radical (unpaired) electrons. The van der Waals surface area contributed by atoms with E-state index in [1.807, 2.05) is 15.9 Å². The molecule has 2 aromatic rings. The van der Waals surface area contributed by atoms with E-state index >= 15 is 0 Å². The van der Waals surface area contributed by atoms with Crippen LogP contribution in [0.1, 0.15) is 10.4 Å². The lowest BCUT2D eigenvalue weighted by Gasteiger charge is -2.34. The van der Waals surface area contributed by atoms with Gasteiger partial charge in [0.15, 0.2) is 0 Å². The standard InChI is InChI=1S/C19H18N6O3/c20-12-15(17(26)23-16-4-2-14(3-5-16)18(27)28)13-24-8-10-25(11-9-24)19-21-6-1-7-22-19/h1-7,13H,8-11H2,(H,23,26)(H,27,28)/b15-13-. The van der Waals surface area contributed by atoms with Crippen LogP contribution in [0.4, 0.5) is 11.6 Å². The zero-order valence-electron chi connectivity index (χ0n) is 14.9. The molecule has 1 fully saturated rings. The Labute approximate surface area is 161 Å². The molecule has 0 atom stereocenters. The number of carbonyl (C=O) groups excluding carboxylic acids is 1. The van der Waals surface area contributed by atoms with Gasteiger partial charge in [0, 0.05) is 50.5 Å². The molecule has 9 heteroatoms. The smallest absolute Gasteiger partial charge is 0.335 e. The van der Waals surface area contributed by atoms with Crippen LogP contribution < -0.4 is 10.2 Å². The van der Waals surface area contributed by atoms with Gasteiger partial charge in [0.1, 0.15) is 11.6 Å². The predicted molar refractivity (Wildman–Crippen MR) is 102 cm³/mol. The Balaban J connectivity index is 1.60. The number of carboxylic acids is 1. The number of nitrogens with one attached hydrogen (secondary N) is 1. The number of hydrogen-bond donors (Lipinski definition) is 2. The fourth-order valence-corrected chi connectivity index (χ4v) is 2.72. The third-order valence-corrected chi connectivity index (χ3v) is 4.22. The van der Waals surface area contributed by atoms with Crippen molar-refractivity contribution in [2.24, 2.45) is 0 Å². The largest absolute Gasteiger partial charge is 0.478 e. The van der Waals surface area contributed by atoms with Crippen molar-refractivity contribution in [3.05, 3.63) is 60.1 Å². The van der Waals surface area contributed by atoms with Crippen LogP contribution in [0.2, 0.25) is 0 Å². The zero-order chi connectivity index (χ0) is 19.9. The molecule has 0 aliphatic carbocycles. The minimum atomic E-state index is -1.05. The Morgan fingerprint density at radius 1 is 1.11 bits per heavy atom. The lowest BCUT2D eigenvalue weighted by Crippen LogP contribution is -2.45. The molecule has 0 spiro atoms. The van der Waals surface area contributed by atoms with E-state index in [0.717, 1.165) is 0 Å². The van der Waals surface area contributed by atoms with Crippen LogP contribution in [0.15, 0.2) is 54.5 Å². The topological polar surface area (TPSA) is 122 Å². The second-order valence-corrected chi connectivity index (χ2v) is 6.06. The Kier molecular flexibility index (Phi) is 5.81. The minimum absolute atomic E-state index is 0.0216. The van der Waals surface area contributed by atoms with Crippen LogP contribution in [-0.2, 0) is 4.79 Å². The van der Waals surface area contributed by atoms with Gasteiger partial charge >= 0.3 is 5.97 Å². The maximum absolute atomic E-state index is 12.3. The highest BCUT2D eigenvalue weighted by molar-refractivity contribution is 6.06. The van der Waals surface area contributed by atoms with Crippen LogP contribution in [0, 0.1) is 11.3 Å². The minimum Gasteiger partial charge on any atom is -0.478 e. The Bertz CT molecular complexity index is 913. The molecular formula is C19H18N6O3. The van der Waals surface area contributed by atoms with Crippen molar-refractivity contribution in [2.75, 3.05) is 36.4 Å². The average Bonchev–Trinajstić information content (AvgIpc) is 2.73. The van der Waals surface area contributed by atoms with Gasteiger partial charge in [-0.15, -0.1) is 0 Å². The van der Waals surface area contributed by atoms with Gasteiger partial charge in [-0.05, 0) is 30.3 Å². The first-order chi connectivity index (χ1) is 13.6. The first kappa shape index (κ1) is 18.8. The van der Waals surface area contributed by atoms with Gasteiger partial charge in [-0.25, -0.2) is 14.8 Å². The summed E-state index contributed by atoms with van der Waals surface area (Å²) in [4.78, 5) is 35.6. The van der Waals surface area contributed by atoms with Crippen molar-refractivity contribution in [2.45, 2.75) is 0 Å². The molecule has 1 amide bonds. The van der Waals surface area contributed by atoms with Crippen LogP contribution >= 0.6 is 0 Å². The number of nitrogens with zero attached hydrogens (tertiary/aromatic N) is 5. The number of amides is 1. The van der Waals surface area contributed by atoms with Gasteiger partial charge in [-0.3, -0.25) is 4.79 Å². The first-order valence-electron chi connectivity index (χ1n) is 8.59. The molecule has 2 N–H and O–H groups in total. The maximum atomic E-state index is 12.3. The van der Waals surface area contributed by atoms with Crippen molar-refractivity contribution in [1.29, 1.82) is 5.26 Å². The van der Waals surface area contributed by atoms with E-state index in [1.54, 1.807) is 24.7 Å². The Hall–Kier alpha value is -3.93. The second kappa shape index (κ2) is 8.64. The number of anilines is 2. The SMILES string of the molecule is N#C/C(=C/N1CCN(c2ncccn2)CC1)C(=O)Nc1ccc(C(=O)O)cc1. The third-order valence-electron chi connectivity index (χ3n) is 4.22. The summed E-state index contributed by atoms with van der Waals surface area (Å²) < 4.78 is 0. The van der Waals surface area contributed by atoms with E-state index in [1.165, 1.54) is 24.3 Å². The number of hydrogen-bond acceptors (Lipinski definition) is 7. The summed E-state index contributed by atoms with van der Waals surface area (Å²) in [7, 11) is 0. The van der Waals surface area contributed by atoms with Crippen molar-refractivity contribution < 1.29 is 14.7 Å². The van der Waals surface area contributed by atoms with E-state index in [-0.39, 0.29) is 11.1 Å². The zero-order valence-corrected chi connectivity index (χ0v) is 14.9. The van der Waals surface area contributed by atoms with E-state index in [0.29, 0.717) is 37.8 Å². The highest BCUT2D eigenvalue weighted by Crippen LogP contribution is 2.13. The molecule has 0 bridgehead atoms. The monoisotopic (exact) mass is 378 g/mol. The number of rotatable bonds is 5. The van der Waals surface area contributed by atoms with Crippen molar-refractivity contribution >= 4 is 23.5 Å². The fraction of sp³-hybridized carbons (Fsp3) is 0.211. The summed E-state index contributed by atoms with van der Waals surface area (Å²) >= 11 is 0. The summed E-state index contributed by atoms with van der Waals surface area (Å²) in [5.74, 6) is -0.927. The molecule has 1 aromatic heterocycles. The van der Waals surface area contributed by atoms with Crippen LogP contribution in [-0.4, -0.2) is 58.0 Å². The number of aromatic nitrogens is 2. The van der Waals surface area contributed by atoms with Gasteiger partial charge < -0.3 is 20.2 Å². The number of carbonyl (C=O) groups is 2. The summed E-state index contributed by atoms with van der Waals surface area (Å²) in [6, 6.07) is 9.41. The van der Waals surface area contributed by atoms with Crippen LogP contribution in [0.3, 0.4) is 0 Å². The highest BCUT2D eigenvalue weighted by Gasteiger charge is 2.19. The third kappa shape index (κ3) is 4.62. The van der Waals surface area contributed by atoms with E-state index in [4.69, 9.17) is 5.11 Å². The van der Waals surface area contributed by atoms with Gasteiger partial charge in [-0.1, -0.05) is 0 Å². The molecule has 1 aliphatic rings. The summed E-state index contributed by atoms with van der Waals surface area (Å²) in [6.07, 6.45) is 4.93. The lowest BCUT2D eigenvalue weighted by molar-refractivity contribution is -0.112. The van der Waals surface area contributed by atoms with Gasteiger partial charge in [0.05, 0.1) is 5.56 Å². The number of carboxylic acid groups (broad SMARTS) is 1. The summed E-state index contributed by atoms with van der Waals surface area (Å²) in [6.45, 7) is 2.61. The molecule has 3 rings (SSSR count). The maximum Gasteiger partial charge on any atom is 0.335 e. The lowest BCUT2D eigenvalue weighted by atomic mass is 10.2. The highest BCUT2D eigenvalue weighted by atomic mass is 16.4. The average molecular weight is 378 g/mol. The van der Waals surface area contributed by atoms with Crippen LogP contribution in [0.5, 0.6) is 0 Å². The second-order valence-electron chi connectivity index (χ2n) is 6.06. The Morgan fingerprint density at radius 2 is 1.75 bits per heavy atom. The summed E-state index contributed by atoms with van der Waals surface area (Å²) in [5.41, 5.74) is 0.517. The van der Waals surface area contributed by atoms with Gasteiger partial charge in [0.25, 0.3) is 5.91 Å². The summed E-state index contributed by atoms with van der Waals surface area (Å²) in [5, 5.41) is 20.8. The molecule has 142 valence electrons. The fourth-order valence-electron chi connectivity index (χ4n) is 2.72. The number of aromatic carboxylic acids is 1. The van der Waals surface area contributed by atoms with Crippen LogP contribution in [0.25, 0.3) is 0 Å². The van der Waals surface area contributed by atoms with E-state index in [2.05, 4.69) is 15.3 Å². The van der Waals surface area contributed by atoms with E-state index in [9.17, 15) is 14.9 Å². The molecular weight excluding hydrogens is 360 g/mol. The van der Waals surface area contributed by atoms with Crippen molar-refractivity contribution in [1.82, 2.24) is 14.9 Å². The van der Waals surface area contributed by atoms with Crippen molar-refractivity contribution in [3.63, 3.8) is 0 Å². The molecule has 1 aliphatic heterocycles. The van der Waals surface area contributed by atoms with E-state index < -0.39 is 11.9 Å². The normalized spacial score (nSPS) is 14.3. The number of benzene rings is 1. The quantitative estimate of drug-likeness (QED) is 0.590. The Morgan fingerprint density at radius 3 is 2.32 bits per heavy atom. The number of piperazine rings is 1. The molecule has 1 aromatic carbocycles. The molecule has 1 saturated heterocycles. The molecule has 0 unspecified atom stereocenters. The predicted octanol–water partition coefficient (Wildman–Crippen LogP) is 1.34. The molecule has 0 saturated carbocycles. The molecule has 28 heavy (non-hydrogen) atoms. The van der Waals surface area contributed by atoms with Gasteiger partial charge in [0.2, 0.25) is 5.95 Å². The first-order valence-corrected chi connectivity index (χ1v) is 8.59. The molecule has 9 nitrogen and oxygen atoms in total.